The van der Waals surface area contributed by atoms with Crippen molar-refractivity contribution < 1.29 is 19.1 Å². The lowest BCUT2D eigenvalue weighted by Gasteiger charge is -2.38. The van der Waals surface area contributed by atoms with Crippen molar-refractivity contribution in [3.8, 4) is 11.5 Å². The molecule has 0 bridgehead atoms. The van der Waals surface area contributed by atoms with Gasteiger partial charge in [0, 0.05) is 24.7 Å². The highest BCUT2D eigenvalue weighted by Crippen LogP contribution is 2.45. The predicted molar refractivity (Wildman–Crippen MR) is 122 cm³/mol. The van der Waals surface area contributed by atoms with E-state index in [4.69, 9.17) is 9.47 Å². The van der Waals surface area contributed by atoms with Gasteiger partial charge in [0.2, 0.25) is 11.8 Å². The normalized spacial score (nSPS) is 20.1. The maximum Gasteiger partial charge on any atom is 0.233 e. The fourth-order valence-corrected chi connectivity index (χ4v) is 5.36. The van der Waals surface area contributed by atoms with Crippen LogP contribution in [0, 0.1) is 5.92 Å². The molecule has 2 fully saturated rings. The van der Waals surface area contributed by atoms with Gasteiger partial charge in [-0.05, 0) is 55.5 Å². The van der Waals surface area contributed by atoms with Gasteiger partial charge in [-0.2, -0.15) is 0 Å². The average molecular weight is 435 g/mol. The summed E-state index contributed by atoms with van der Waals surface area (Å²) in [4.78, 5) is 28.5. The number of rotatable bonds is 4. The number of para-hydroxylation sites is 1. The Morgan fingerprint density at radius 1 is 0.906 bits per heavy atom. The molecule has 2 aromatic rings. The molecule has 2 heterocycles. The Bertz CT molecular complexity index is 977. The molecule has 3 aliphatic rings. The quantitative estimate of drug-likeness (QED) is 0.785. The van der Waals surface area contributed by atoms with Gasteiger partial charge in [-0.15, -0.1) is 0 Å². The molecular weight excluding hydrogens is 404 g/mol. The van der Waals surface area contributed by atoms with Crippen molar-refractivity contribution in [2.45, 2.75) is 43.9 Å². The fraction of sp³-hybridized carbons (Fsp3) is 0.462. The fourth-order valence-electron chi connectivity index (χ4n) is 5.36. The van der Waals surface area contributed by atoms with Crippen LogP contribution in [0.2, 0.25) is 0 Å². The second kappa shape index (κ2) is 8.85. The Balaban J connectivity index is 1.27. The molecule has 0 spiro atoms. The number of carbonyl (C=O) groups excluding carboxylic acids is 2. The molecule has 0 aromatic heterocycles. The number of ether oxygens (including phenoxy) is 2. The molecule has 1 aliphatic carbocycles. The summed E-state index contributed by atoms with van der Waals surface area (Å²) in [6.07, 6.45) is 5.22. The lowest BCUT2D eigenvalue weighted by atomic mass is 9.76. The van der Waals surface area contributed by atoms with Crippen LogP contribution in [-0.4, -0.2) is 43.0 Å². The molecule has 32 heavy (non-hydrogen) atoms. The highest BCUT2D eigenvalue weighted by Gasteiger charge is 2.46. The van der Waals surface area contributed by atoms with E-state index >= 15 is 0 Å². The summed E-state index contributed by atoms with van der Waals surface area (Å²) in [6, 6.07) is 15.5. The first-order valence-electron chi connectivity index (χ1n) is 11.7. The second-order valence-corrected chi connectivity index (χ2v) is 9.07. The molecule has 2 aromatic carbocycles. The van der Waals surface area contributed by atoms with Crippen LogP contribution < -0.4 is 14.8 Å². The third kappa shape index (κ3) is 3.94. The zero-order valence-corrected chi connectivity index (χ0v) is 18.3. The summed E-state index contributed by atoms with van der Waals surface area (Å²) in [5.41, 5.74) is 1.36. The Morgan fingerprint density at radius 3 is 2.31 bits per heavy atom. The minimum atomic E-state index is -0.491. The number of carbonyl (C=O) groups is 2. The van der Waals surface area contributed by atoms with E-state index in [0.717, 1.165) is 48.4 Å². The summed E-state index contributed by atoms with van der Waals surface area (Å²) >= 11 is 0. The van der Waals surface area contributed by atoms with Gasteiger partial charge in [0.05, 0.1) is 5.41 Å². The number of anilines is 1. The smallest absolute Gasteiger partial charge is 0.233 e. The number of nitrogens with one attached hydrogen (secondary N) is 1. The van der Waals surface area contributed by atoms with Crippen molar-refractivity contribution in [3.05, 3.63) is 54.1 Å². The molecule has 0 unspecified atom stereocenters. The van der Waals surface area contributed by atoms with E-state index in [1.807, 2.05) is 53.4 Å². The van der Waals surface area contributed by atoms with Crippen molar-refractivity contribution in [2.75, 3.05) is 31.6 Å². The van der Waals surface area contributed by atoms with Crippen molar-refractivity contribution in [3.63, 3.8) is 0 Å². The van der Waals surface area contributed by atoms with Crippen LogP contribution in [0.15, 0.2) is 48.5 Å². The van der Waals surface area contributed by atoms with E-state index in [2.05, 4.69) is 5.32 Å². The van der Waals surface area contributed by atoms with Crippen LogP contribution >= 0.6 is 0 Å². The number of benzene rings is 2. The van der Waals surface area contributed by atoms with Gasteiger partial charge in [-0.3, -0.25) is 9.59 Å². The highest BCUT2D eigenvalue weighted by atomic mass is 16.6. The Hall–Kier alpha value is -3.02. The molecule has 6 heteroatoms. The number of piperidine rings is 1. The molecule has 2 amide bonds. The lowest BCUT2D eigenvalue weighted by Crippen LogP contribution is -2.49. The van der Waals surface area contributed by atoms with Crippen LogP contribution in [0.1, 0.15) is 44.1 Å². The van der Waals surface area contributed by atoms with Crippen LogP contribution in [0.4, 0.5) is 5.69 Å². The highest BCUT2D eigenvalue weighted by molar-refractivity contribution is 5.93. The molecule has 2 aliphatic heterocycles. The molecular formula is C26H30N2O4. The van der Waals surface area contributed by atoms with Crippen molar-refractivity contribution >= 4 is 17.5 Å². The molecule has 1 N–H and O–H groups in total. The van der Waals surface area contributed by atoms with Crippen molar-refractivity contribution in [1.82, 2.24) is 4.90 Å². The first-order chi connectivity index (χ1) is 15.7. The molecule has 0 atom stereocenters. The van der Waals surface area contributed by atoms with Crippen molar-refractivity contribution in [2.24, 2.45) is 5.92 Å². The Labute approximate surface area is 188 Å². The first kappa shape index (κ1) is 20.9. The topological polar surface area (TPSA) is 67.9 Å². The number of hydrogen-bond acceptors (Lipinski definition) is 4. The minimum absolute atomic E-state index is 0.0470. The van der Waals surface area contributed by atoms with Crippen molar-refractivity contribution in [1.29, 1.82) is 0 Å². The largest absolute Gasteiger partial charge is 0.486 e. The van der Waals surface area contributed by atoms with E-state index < -0.39 is 5.41 Å². The van der Waals surface area contributed by atoms with E-state index in [9.17, 15) is 9.59 Å². The van der Waals surface area contributed by atoms with Gasteiger partial charge in [0.15, 0.2) is 11.5 Å². The SMILES string of the molecule is O=C(Nc1ccccc1)C1CCN(C(=O)C2(c3ccc4c(c3)OCCO4)CCCC2)CC1. The molecule has 0 radical (unpaired) electrons. The second-order valence-electron chi connectivity index (χ2n) is 9.07. The van der Waals surface area contributed by atoms with Gasteiger partial charge < -0.3 is 19.7 Å². The average Bonchev–Trinajstić information content (AvgIpc) is 3.35. The third-order valence-corrected chi connectivity index (χ3v) is 7.16. The Kier molecular flexibility index (Phi) is 5.77. The van der Waals surface area contributed by atoms with Crippen LogP contribution in [0.3, 0.4) is 0 Å². The summed E-state index contributed by atoms with van der Waals surface area (Å²) in [6.45, 7) is 2.34. The van der Waals surface area contributed by atoms with Crippen LogP contribution in [0.25, 0.3) is 0 Å². The Morgan fingerprint density at radius 2 is 1.59 bits per heavy atom. The van der Waals surface area contributed by atoms with Gasteiger partial charge in [0.1, 0.15) is 13.2 Å². The molecule has 5 rings (SSSR count). The van der Waals surface area contributed by atoms with E-state index in [-0.39, 0.29) is 17.7 Å². The minimum Gasteiger partial charge on any atom is -0.486 e. The summed E-state index contributed by atoms with van der Waals surface area (Å²) < 4.78 is 11.5. The summed E-state index contributed by atoms with van der Waals surface area (Å²) in [7, 11) is 0. The maximum absolute atomic E-state index is 13.8. The summed E-state index contributed by atoms with van der Waals surface area (Å²) in [5, 5.41) is 3.00. The van der Waals surface area contributed by atoms with E-state index in [1.54, 1.807) is 0 Å². The number of likely N-dealkylation sites (tertiary alicyclic amines) is 1. The third-order valence-electron chi connectivity index (χ3n) is 7.16. The van der Waals surface area contributed by atoms with Gasteiger partial charge >= 0.3 is 0 Å². The first-order valence-corrected chi connectivity index (χ1v) is 11.7. The van der Waals surface area contributed by atoms with Gasteiger partial charge in [-0.25, -0.2) is 0 Å². The van der Waals surface area contributed by atoms with Gasteiger partial charge in [-0.1, -0.05) is 37.1 Å². The predicted octanol–water partition coefficient (Wildman–Crippen LogP) is 4.15. The molecule has 168 valence electrons. The standard InChI is InChI=1S/C26H30N2O4/c29-24(27-21-6-2-1-3-7-21)19-10-14-28(15-11-19)25(30)26(12-4-5-13-26)20-8-9-22-23(18-20)32-17-16-31-22/h1-3,6-9,18-19H,4-5,10-17H2,(H,27,29). The zero-order valence-electron chi connectivity index (χ0n) is 18.3. The molecule has 1 saturated heterocycles. The monoisotopic (exact) mass is 434 g/mol. The van der Waals surface area contributed by atoms with Gasteiger partial charge in [0.25, 0.3) is 0 Å². The zero-order chi connectivity index (χ0) is 22.0. The van der Waals surface area contributed by atoms with E-state index in [0.29, 0.717) is 39.1 Å². The number of amides is 2. The molecule has 1 saturated carbocycles. The number of nitrogens with zero attached hydrogens (tertiary/aromatic N) is 1. The van der Waals surface area contributed by atoms with Crippen LogP contribution in [-0.2, 0) is 15.0 Å². The lowest BCUT2D eigenvalue weighted by molar-refractivity contribution is -0.140. The summed E-state index contributed by atoms with van der Waals surface area (Å²) in [5.74, 6) is 1.68. The van der Waals surface area contributed by atoms with Crippen LogP contribution in [0.5, 0.6) is 11.5 Å². The number of fused-ring (bicyclic) bond motifs is 1. The maximum atomic E-state index is 13.8. The van der Waals surface area contributed by atoms with E-state index in [1.165, 1.54) is 0 Å². The number of hydrogen-bond donors (Lipinski definition) is 1. The molecule has 6 nitrogen and oxygen atoms in total.